The highest BCUT2D eigenvalue weighted by molar-refractivity contribution is 6.30. The Bertz CT molecular complexity index is 566. The predicted molar refractivity (Wildman–Crippen MR) is 77.9 cm³/mol. The van der Waals surface area contributed by atoms with Gasteiger partial charge in [0.05, 0.1) is 30.7 Å². The molecule has 5 heteroatoms. The lowest BCUT2D eigenvalue weighted by Crippen LogP contribution is -2.06. The van der Waals surface area contributed by atoms with E-state index in [2.05, 4.69) is 23.4 Å². The van der Waals surface area contributed by atoms with Crippen LogP contribution in [-0.4, -0.2) is 16.9 Å². The number of nitrogens with zero attached hydrogens (tertiary/aromatic N) is 2. The van der Waals surface area contributed by atoms with Gasteiger partial charge in [-0.15, -0.1) is 0 Å². The van der Waals surface area contributed by atoms with Crippen molar-refractivity contribution in [2.24, 2.45) is 7.05 Å². The van der Waals surface area contributed by atoms with Gasteiger partial charge in [-0.3, -0.25) is 4.68 Å². The molecule has 0 aliphatic carbocycles. The highest BCUT2D eigenvalue weighted by Gasteiger charge is 2.07. The maximum atomic E-state index is 6.00. The van der Waals surface area contributed by atoms with Crippen LogP contribution in [0.4, 0.5) is 5.69 Å². The molecular weight excluding hydrogens is 262 g/mol. The standard InChI is InChI=1S/C14H18ClN3O/c1-4-11-8-12(18(2)17-11)9-16-13-7-10(15)5-6-14(13)19-3/h5-8,16H,4,9H2,1-3H3. The SMILES string of the molecule is CCc1cc(CNc2cc(Cl)ccc2OC)n(C)n1. The van der Waals surface area contributed by atoms with Crippen LogP contribution in [0.3, 0.4) is 0 Å². The summed E-state index contributed by atoms with van der Waals surface area (Å²) in [5.74, 6) is 0.780. The Kier molecular flexibility index (Phi) is 4.32. The summed E-state index contributed by atoms with van der Waals surface area (Å²) in [6.07, 6.45) is 0.939. The molecule has 4 nitrogen and oxygen atoms in total. The van der Waals surface area contributed by atoms with E-state index in [9.17, 15) is 0 Å². The fourth-order valence-corrected chi connectivity index (χ4v) is 2.09. The van der Waals surface area contributed by atoms with Crippen LogP contribution in [0.5, 0.6) is 5.75 Å². The zero-order valence-corrected chi connectivity index (χ0v) is 12.2. The fraction of sp³-hybridized carbons (Fsp3) is 0.357. The van der Waals surface area contributed by atoms with Crippen LogP contribution in [-0.2, 0) is 20.0 Å². The molecule has 0 saturated carbocycles. The Morgan fingerprint density at radius 3 is 2.79 bits per heavy atom. The molecule has 0 unspecified atom stereocenters. The molecular formula is C14H18ClN3O. The third kappa shape index (κ3) is 3.20. The summed E-state index contributed by atoms with van der Waals surface area (Å²) >= 11 is 6.00. The first-order valence-corrected chi connectivity index (χ1v) is 6.61. The molecule has 102 valence electrons. The van der Waals surface area contributed by atoms with Crippen LogP contribution in [0.15, 0.2) is 24.3 Å². The lowest BCUT2D eigenvalue weighted by molar-refractivity contribution is 0.416. The van der Waals surface area contributed by atoms with Crippen LogP contribution in [0.25, 0.3) is 0 Å². The van der Waals surface area contributed by atoms with Crippen LogP contribution < -0.4 is 10.1 Å². The number of anilines is 1. The topological polar surface area (TPSA) is 39.1 Å². The summed E-state index contributed by atoms with van der Waals surface area (Å²) < 4.78 is 7.19. The van der Waals surface area contributed by atoms with Gasteiger partial charge in [0.25, 0.3) is 0 Å². The van der Waals surface area contributed by atoms with Gasteiger partial charge in [0.2, 0.25) is 0 Å². The van der Waals surface area contributed by atoms with Gasteiger partial charge in [0, 0.05) is 12.1 Å². The van der Waals surface area contributed by atoms with E-state index in [1.54, 1.807) is 7.11 Å². The van der Waals surface area contributed by atoms with E-state index < -0.39 is 0 Å². The van der Waals surface area contributed by atoms with Crippen molar-refractivity contribution in [1.82, 2.24) is 9.78 Å². The Balaban J connectivity index is 2.13. The highest BCUT2D eigenvalue weighted by atomic mass is 35.5. The molecule has 0 bridgehead atoms. The molecule has 0 radical (unpaired) electrons. The van der Waals surface area contributed by atoms with Crippen molar-refractivity contribution >= 4 is 17.3 Å². The van der Waals surface area contributed by atoms with E-state index in [0.717, 1.165) is 29.2 Å². The number of aromatic nitrogens is 2. The number of aryl methyl sites for hydroxylation is 2. The Morgan fingerprint density at radius 2 is 2.16 bits per heavy atom. The van der Waals surface area contributed by atoms with Gasteiger partial charge in [-0.2, -0.15) is 5.10 Å². The second kappa shape index (κ2) is 5.97. The van der Waals surface area contributed by atoms with E-state index in [1.807, 2.05) is 29.9 Å². The summed E-state index contributed by atoms with van der Waals surface area (Å²) in [5, 5.41) is 8.43. The lowest BCUT2D eigenvalue weighted by atomic mass is 10.2. The van der Waals surface area contributed by atoms with Crippen molar-refractivity contribution in [2.45, 2.75) is 19.9 Å². The molecule has 2 rings (SSSR count). The smallest absolute Gasteiger partial charge is 0.142 e. The molecule has 0 aliphatic heterocycles. The predicted octanol–water partition coefficient (Wildman–Crippen LogP) is 3.26. The average Bonchev–Trinajstić information content (AvgIpc) is 2.77. The number of halogens is 1. The minimum Gasteiger partial charge on any atom is -0.495 e. The van der Waals surface area contributed by atoms with Crippen molar-refractivity contribution in [3.8, 4) is 5.75 Å². The third-order valence-corrected chi connectivity index (χ3v) is 3.25. The minimum absolute atomic E-state index is 0.681. The van der Waals surface area contributed by atoms with E-state index in [0.29, 0.717) is 11.6 Å². The number of ether oxygens (including phenoxy) is 1. The molecule has 0 atom stereocenters. The van der Waals surface area contributed by atoms with Crippen molar-refractivity contribution in [1.29, 1.82) is 0 Å². The number of hydrogen-bond donors (Lipinski definition) is 1. The lowest BCUT2D eigenvalue weighted by Gasteiger charge is -2.11. The van der Waals surface area contributed by atoms with E-state index in [1.165, 1.54) is 0 Å². The molecule has 0 amide bonds. The second-order valence-electron chi connectivity index (χ2n) is 4.30. The Morgan fingerprint density at radius 1 is 1.37 bits per heavy atom. The maximum absolute atomic E-state index is 6.00. The summed E-state index contributed by atoms with van der Waals surface area (Å²) in [6.45, 7) is 2.78. The summed E-state index contributed by atoms with van der Waals surface area (Å²) in [4.78, 5) is 0. The van der Waals surface area contributed by atoms with E-state index >= 15 is 0 Å². The number of benzene rings is 1. The summed E-state index contributed by atoms with van der Waals surface area (Å²) in [6, 6.07) is 7.62. The molecule has 19 heavy (non-hydrogen) atoms. The molecule has 1 aromatic carbocycles. The molecule has 1 aromatic heterocycles. The van der Waals surface area contributed by atoms with Gasteiger partial charge in [0.1, 0.15) is 5.75 Å². The van der Waals surface area contributed by atoms with Crippen molar-refractivity contribution in [2.75, 3.05) is 12.4 Å². The molecule has 0 spiro atoms. The van der Waals surface area contributed by atoms with Gasteiger partial charge < -0.3 is 10.1 Å². The highest BCUT2D eigenvalue weighted by Crippen LogP contribution is 2.28. The first-order chi connectivity index (χ1) is 9.13. The average molecular weight is 280 g/mol. The quantitative estimate of drug-likeness (QED) is 0.913. The molecule has 0 fully saturated rings. The maximum Gasteiger partial charge on any atom is 0.142 e. The zero-order valence-electron chi connectivity index (χ0n) is 11.4. The summed E-state index contributed by atoms with van der Waals surface area (Å²) in [7, 11) is 3.60. The first-order valence-electron chi connectivity index (χ1n) is 6.23. The first kappa shape index (κ1) is 13.7. The largest absolute Gasteiger partial charge is 0.495 e. The summed E-state index contributed by atoms with van der Waals surface area (Å²) in [5.41, 5.74) is 3.10. The third-order valence-electron chi connectivity index (χ3n) is 3.01. The van der Waals surface area contributed by atoms with Gasteiger partial charge in [-0.1, -0.05) is 18.5 Å². The van der Waals surface area contributed by atoms with Crippen molar-refractivity contribution < 1.29 is 4.74 Å². The van der Waals surface area contributed by atoms with Crippen LogP contribution >= 0.6 is 11.6 Å². The van der Waals surface area contributed by atoms with E-state index in [4.69, 9.17) is 16.3 Å². The zero-order chi connectivity index (χ0) is 13.8. The number of methoxy groups -OCH3 is 1. The minimum atomic E-state index is 0.681. The van der Waals surface area contributed by atoms with Gasteiger partial charge >= 0.3 is 0 Å². The molecule has 2 aromatic rings. The molecule has 0 saturated heterocycles. The molecule has 1 N–H and O–H groups in total. The Labute approximate surface area is 118 Å². The van der Waals surface area contributed by atoms with Crippen LogP contribution in [0, 0.1) is 0 Å². The van der Waals surface area contributed by atoms with Gasteiger partial charge in [-0.05, 0) is 30.7 Å². The van der Waals surface area contributed by atoms with Crippen LogP contribution in [0.2, 0.25) is 5.02 Å². The van der Waals surface area contributed by atoms with Gasteiger partial charge in [-0.25, -0.2) is 0 Å². The Hall–Kier alpha value is -1.68. The second-order valence-corrected chi connectivity index (χ2v) is 4.74. The monoisotopic (exact) mass is 279 g/mol. The normalized spacial score (nSPS) is 10.5. The van der Waals surface area contributed by atoms with E-state index in [-0.39, 0.29) is 0 Å². The van der Waals surface area contributed by atoms with Gasteiger partial charge in [0.15, 0.2) is 0 Å². The van der Waals surface area contributed by atoms with Crippen molar-refractivity contribution in [3.05, 3.63) is 40.7 Å². The number of rotatable bonds is 5. The van der Waals surface area contributed by atoms with Crippen LogP contribution in [0.1, 0.15) is 18.3 Å². The van der Waals surface area contributed by atoms with Crippen molar-refractivity contribution in [3.63, 3.8) is 0 Å². The number of hydrogen-bond acceptors (Lipinski definition) is 3. The number of nitrogens with one attached hydrogen (secondary N) is 1. The molecule has 1 heterocycles. The fourth-order valence-electron chi connectivity index (χ4n) is 1.91. The molecule has 0 aliphatic rings.